The molecule has 0 spiro atoms. The molecule has 0 saturated heterocycles. The molecule has 1 atom stereocenters. The lowest BCUT2D eigenvalue weighted by Crippen LogP contribution is -2.29. The molecule has 0 radical (unpaired) electrons. The number of nitriles is 1. The maximum Gasteiger partial charge on any atom is 0.253 e. The average Bonchev–Trinajstić information content (AvgIpc) is 3.25. The van der Waals surface area contributed by atoms with Crippen LogP contribution in [-0.2, 0) is 0 Å². The molecule has 1 aromatic carbocycles. The summed E-state index contributed by atoms with van der Waals surface area (Å²) in [5.74, 6) is 0.496. The van der Waals surface area contributed by atoms with Gasteiger partial charge in [-0.3, -0.25) is 4.79 Å². The van der Waals surface area contributed by atoms with Crippen molar-refractivity contribution in [3.8, 4) is 6.07 Å². The van der Waals surface area contributed by atoms with Crippen molar-refractivity contribution in [3.05, 3.63) is 47.5 Å². The topological polar surface area (TPSA) is 83.6 Å². The van der Waals surface area contributed by atoms with E-state index in [1.54, 1.807) is 30.6 Å². The average molecular weight is 309 g/mol. The second-order valence-electron chi connectivity index (χ2n) is 5.89. The second kappa shape index (κ2) is 6.61. The molecule has 1 aliphatic rings. The van der Waals surface area contributed by atoms with Crippen LogP contribution < -0.4 is 5.32 Å². The molecule has 3 rings (SSSR count). The van der Waals surface area contributed by atoms with E-state index in [0.29, 0.717) is 17.2 Å². The van der Waals surface area contributed by atoms with Crippen molar-refractivity contribution in [2.24, 2.45) is 0 Å². The smallest absolute Gasteiger partial charge is 0.253 e. The molecule has 6 heteroatoms. The Labute approximate surface area is 135 Å². The number of amides is 1. The summed E-state index contributed by atoms with van der Waals surface area (Å²) in [5, 5.41) is 20.2. The third-order valence-corrected chi connectivity index (χ3v) is 4.35. The first-order valence-corrected chi connectivity index (χ1v) is 7.90. The van der Waals surface area contributed by atoms with Gasteiger partial charge >= 0.3 is 0 Å². The quantitative estimate of drug-likeness (QED) is 0.941. The standard InChI is InChI=1S/C17H19N5O/c1-12(16-21-19-11-22(16)14-7-3-4-8-14)20-17(23)15-9-5-2-6-13(15)10-18/h2,5-6,9,11-12,14H,3-4,7-8H2,1H3,(H,20,23)/t12-/m0/s1. The zero-order chi connectivity index (χ0) is 16.2. The van der Waals surface area contributed by atoms with E-state index >= 15 is 0 Å². The van der Waals surface area contributed by atoms with E-state index in [9.17, 15) is 4.79 Å². The van der Waals surface area contributed by atoms with Crippen molar-refractivity contribution in [1.82, 2.24) is 20.1 Å². The number of hydrogen-bond donors (Lipinski definition) is 1. The molecule has 0 bridgehead atoms. The highest BCUT2D eigenvalue weighted by Gasteiger charge is 2.24. The summed E-state index contributed by atoms with van der Waals surface area (Å²) in [6.07, 6.45) is 6.44. The van der Waals surface area contributed by atoms with Crippen LogP contribution >= 0.6 is 0 Å². The molecule has 0 aliphatic heterocycles. The van der Waals surface area contributed by atoms with E-state index < -0.39 is 0 Å². The number of carbonyl (C=O) groups excluding carboxylic acids is 1. The summed E-state index contributed by atoms with van der Waals surface area (Å²) >= 11 is 0. The van der Waals surface area contributed by atoms with Gasteiger partial charge in [0.2, 0.25) is 0 Å². The second-order valence-corrected chi connectivity index (χ2v) is 5.89. The van der Waals surface area contributed by atoms with E-state index in [-0.39, 0.29) is 11.9 Å². The first-order valence-electron chi connectivity index (χ1n) is 7.90. The highest BCUT2D eigenvalue weighted by Crippen LogP contribution is 2.31. The molecule has 6 nitrogen and oxygen atoms in total. The van der Waals surface area contributed by atoms with Crippen LogP contribution in [0.25, 0.3) is 0 Å². The van der Waals surface area contributed by atoms with Crippen LogP contribution in [-0.4, -0.2) is 20.7 Å². The van der Waals surface area contributed by atoms with Crippen molar-refractivity contribution >= 4 is 5.91 Å². The fourth-order valence-electron chi connectivity index (χ4n) is 3.14. The van der Waals surface area contributed by atoms with Gasteiger partial charge in [0.25, 0.3) is 5.91 Å². The Morgan fingerprint density at radius 2 is 2.13 bits per heavy atom. The van der Waals surface area contributed by atoms with Gasteiger partial charge in [0.15, 0.2) is 5.82 Å². The predicted molar refractivity (Wildman–Crippen MR) is 84.6 cm³/mol. The van der Waals surface area contributed by atoms with Crippen molar-refractivity contribution in [2.45, 2.75) is 44.7 Å². The minimum Gasteiger partial charge on any atom is -0.342 e. The van der Waals surface area contributed by atoms with Gasteiger partial charge in [0.05, 0.1) is 23.2 Å². The minimum atomic E-state index is -0.268. The number of benzene rings is 1. The summed E-state index contributed by atoms with van der Waals surface area (Å²) in [7, 11) is 0. The normalized spacial score (nSPS) is 16.0. The Balaban J connectivity index is 1.77. The van der Waals surface area contributed by atoms with Crippen molar-refractivity contribution in [2.75, 3.05) is 0 Å². The largest absolute Gasteiger partial charge is 0.342 e. The molecular weight excluding hydrogens is 290 g/mol. The van der Waals surface area contributed by atoms with E-state index in [0.717, 1.165) is 18.7 Å². The highest BCUT2D eigenvalue weighted by atomic mass is 16.1. The van der Waals surface area contributed by atoms with Crippen molar-refractivity contribution < 1.29 is 4.79 Å². The molecule has 118 valence electrons. The van der Waals surface area contributed by atoms with Gasteiger partial charge in [-0.25, -0.2) is 0 Å². The van der Waals surface area contributed by atoms with Crippen LogP contribution in [0.1, 0.15) is 66.4 Å². The van der Waals surface area contributed by atoms with E-state index in [1.165, 1.54) is 12.8 Å². The third kappa shape index (κ3) is 3.09. The molecule has 2 aromatic rings. The first kappa shape index (κ1) is 15.2. The molecule has 1 fully saturated rings. The Morgan fingerprint density at radius 1 is 1.39 bits per heavy atom. The summed E-state index contributed by atoms with van der Waals surface area (Å²) in [5.41, 5.74) is 0.753. The van der Waals surface area contributed by atoms with Crippen molar-refractivity contribution in [1.29, 1.82) is 5.26 Å². The first-order chi connectivity index (χ1) is 11.2. The number of nitrogens with zero attached hydrogens (tertiary/aromatic N) is 4. The molecule has 1 heterocycles. The number of carbonyl (C=O) groups is 1. The zero-order valence-corrected chi connectivity index (χ0v) is 13.1. The van der Waals surface area contributed by atoms with Crippen LogP contribution in [0.15, 0.2) is 30.6 Å². The van der Waals surface area contributed by atoms with Crippen LogP contribution in [0.3, 0.4) is 0 Å². The maximum atomic E-state index is 12.4. The molecule has 1 saturated carbocycles. The van der Waals surface area contributed by atoms with Crippen LogP contribution in [0.2, 0.25) is 0 Å². The number of nitrogens with one attached hydrogen (secondary N) is 1. The maximum absolute atomic E-state index is 12.4. The molecule has 0 unspecified atom stereocenters. The number of aromatic nitrogens is 3. The van der Waals surface area contributed by atoms with Crippen LogP contribution in [0, 0.1) is 11.3 Å². The van der Waals surface area contributed by atoms with E-state index in [1.807, 2.05) is 13.0 Å². The molecule has 1 N–H and O–H groups in total. The summed E-state index contributed by atoms with van der Waals surface area (Å²) in [4.78, 5) is 12.4. The van der Waals surface area contributed by atoms with E-state index in [2.05, 4.69) is 20.1 Å². The van der Waals surface area contributed by atoms with Gasteiger partial charge in [-0.2, -0.15) is 5.26 Å². The van der Waals surface area contributed by atoms with Gasteiger partial charge in [0.1, 0.15) is 6.33 Å². The highest BCUT2D eigenvalue weighted by molar-refractivity contribution is 5.96. The van der Waals surface area contributed by atoms with E-state index in [4.69, 9.17) is 5.26 Å². The SMILES string of the molecule is C[C@H](NC(=O)c1ccccc1C#N)c1nncn1C1CCCC1. The predicted octanol–water partition coefficient (Wildman–Crippen LogP) is 2.76. The van der Waals surface area contributed by atoms with Gasteiger partial charge in [0, 0.05) is 6.04 Å². The van der Waals surface area contributed by atoms with Crippen LogP contribution in [0.5, 0.6) is 0 Å². The lowest BCUT2D eigenvalue weighted by molar-refractivity contribution is 0.0937. The minimum absolute atomic E-state index is 0.266. The fraction of sp³-hybridized carbons (Fsp3) is 0.412. The van der Waals surface area contributed by atoms with Gasteiger partial charge in [-0.15, -0.1) is 10.2 Å². The Bertz CT molecular complexity index is 739. The number of rotatable bonds is 4. The fourth-order valence-corrected chi connectivity index (χ4v) is 3.14. The van der Waals surface area contributed by atoms with Crippen LogP contribution in [0.4, 0.5) is 0 Å². The Morgan fingerprint density at radius 3 is 2.87 bits per heavy atom. The lowest BCUT2D eigenvalue weighted by Gasteiger charge is -2.19. The van der Waals surface area contributed by atoms with Gasteiger partial charge in [-0.05, 0) is 31.9 Å². The summed E-state index contributed by atoms with van der Waals surface area (Å²) in [6, 6.07) is 8.99. The molecule has 1 amide bonds. The number of hydrogen-bond acceptors (Lipinski definition) is 4. The third-order valence-electron chi connectivity index (χ3n) is 4.35. The summed E-state index contributed by atoms with van der Waals surface area (Å²) < 4.78 is 2.08. The Kier molecular flexibility index (Phi) is 4.38. The van der Waals surface area contributed by atoms with Gasteiger partial charge < -0.3 is 9.88 Å². The Hall–Kier alpha value is -2.68. The summed E-state index contributed by atoms with van der Waals surface area (Å²) in [6.45, 7) is 1.89. The zero-order valence-electron chi connectivity index (χ0n) is 13.1. The molecule has 1 aliphatic carbocycles. The lowest BCUT2D eigenvalue weighted by atomic mass is 10.1. The monoisotopic (exact) mass is 309 g/mol. The van der Waals surface area contributed by atoms with Gasteiger partial charge in [-0.1, -0.05) is 25.0 Å². The molecule has 1 aromatic heterocycles. The molecular formula is C17H19N5O. The molecule has 23 heavy (non-hydrogen) atoms. The van der Waals surface area contributed by atoms with Crippen molar-refractivity contribution in [3.63, 3.8) is 0 Å².